The van der Waals surface area contributed by atoms with Gasteiger partial charge in [-0.15, -0.1) is 0 Å². The fourth-order valence-electron chi connectivity index (χ4n) is 3.24. The Labute approximate surface area is 140 Å². The van der Waals surface area contributed by atoms with Crippen molar-refractivity contribution >= 4 is 28.1 Å². The van der Waals surface area contributed by atoms with E-state index in [4.69, 9.17) is 0 Å². The normalized spacial score (nSPS) is 15.8. The molecule has 4 rings (SSSR count). The maximum Gasteiger partial charge on any atom is 0.225 e. The lowest BCUT2D eigenvalue weighted by Crippen LogP contribution is -2.23. The summed E-state index contributed by atoms with van der Waals surface area (Å²) < 4.78 is 0. The van der Waals surface area contributed by atoms with Crippen LogP contribution in [0.25, 0.3) is 10.9 Å². The van der Waals surface area contributed by atoms with Crippen LogP contribution < -0.4 is 5.43 Å². The number of anilines is 1. The lowest BCUT2D eigenvalue weighted by Gasteiger charge is -2.13. The first kappa shape index (κ1) is 14.7. The monoisotopic (exact) mass is 317 g/mol. The smallest absolute Gasteiger partial charge is 0.225 e. The Hall–Kier alpha value is -2.88. The highest BCUT2D eigenvalue weighted by atomic mass is 16.1. The van der Waals surface area contributed by atoms with Crippen LogP contribution in [0.3, 0.4) is 0 Å². The van der Waals surface area contributed by atoms with Gasteiger partial charge in [-0.3, -0.25) is 10.2 Å². The van der Waals surface area contributed by atoms with Gasteiger partial charge in [-0.05, 0) is 49.9 Å². The van der Waals surface area contributed by atoms with E-state index in [0.29, 0.717) is 17.8 Å². The van der Waals surface area contributed by atoms with Crippen molar-refractivity contribution in [2.75, 3.05) is 5.43 Å². The Bertz CT molecular complexity index is 964. The fourth-order valence-corrected chi connectivity index (χ4v) is 3.24. The molecule has 24 heavy (non-hydrogen) atoms. The molecular formula is C20H19N3O. The van der Waals surface area contributed by atoms with Gasteiger partial charge in [-0.25, -0.2) is 0 Å². The highest BCUT2D eigenvalue weighted by Gasteiger charge is 2.27. The number of Topliss-reactive ketones (excluding diaryl/α,β-unsaturated/α-hetero) is 1. The number of aromatic amines is 1. The molecule has 2 aromatic carbocycles. The summed E-state index contributed by atoms with van der Waals surface area (Å²) in [5, 5.41) is 5.51. The predicted octanol–water partition coefficient (Wildman–Crippen LogP) is 4.38. The number of nitrogens with one attached hydrogen (secondary N) is 2. The summed E-state index contributed by atoms with van der Waals surface area (Å²) >= 11 is 0. The van der Waals surface area contributed by atoms with Crippen molar-refractivity contribution in [1.29, 1.82) is 0 Å². The predicted molar refractivity (Wildman–Crippen MR) is 97.9 cm³/mol. The second-order valence-electron chi connectivity index (χ2n) is 6.34. The molecule has 0 aliphatic heterocycles. The highest BCUT2D eigenvalue weighted by Crippen LogP contribution is 2.30. The molecule has 1 aromatic heterocycles. The van der Waals surface area contributed by atoms with Crippen molar-refractivity contribution in [3.63, 3.8) is 0 Å². The third-order valence-electron chi connectivity index (χ3n) is 4.62. The molecule has 1 aliphatic carbocycles. The number of fused-ring (bicyclic) bond motifs is 3. The number of H-pyrrole nitrogens is 1. The van der Waals surface area contributed by atoms with Crippen LogP contribution in [-0.4, -0.2) is 16.5 Å². The summed E-state index contributed by atoms with van der Waals surface area (Å²) in [5.74, 6) is -0.00791. The summed E-state index contributed by atoms with van der Waals surface area (Å²) in [6.07, 6.45) is 1.49. The summed E-state index contributed by atoms with van der Waals surface area (Å²) in [5.41, 5.74) is 9.69. The van der Waals surface area contributed by atoms with Gasteiger partial charge in [0.05, 0.1) is 11.4 Å². The van der Waals surface area contributed by atoms with Gasteiger partial charge >= 0.3 is 0 Å². The number of hydrogen-bond acceptors (Lipinski definition) is 3. The minimum atomic E-state index is -0.00791. The number of benzene rings is 2. The van der Waals surface area contributed by atoms with Crippen LogP contribution in [0.15, 0.2) is 47.6 Å². The number of nitrogens with zero attached hydrogens (tertiary/aromatic N) is 1. The molecule has 0 fully saturated rings. The first-order valence-corrected chi connectivity index (χ1v) is 8.17. The third kappa shape index (κ3) is 2.40. The Morgan fingerprint density at radius 2 is 1.83 bits per heavy atom. The molecule has 0 saturated carbocycles. The van der Waals surface area contributed by atoms with E-state index < -0.39 is 0 Å². The maximum absolute atomic E-state index is 12.8. The van der Waals surface area contributed by atoms with Crippen molar-refractivity contribution in [3.8, 4) is 0 Å². The third-order valence-corrected chi connectivity index (χ3v) is 4.62. The van der Waals surface area contributed by atoms with Crippen LogP contribution >= 0.6 is 0 Å². The summed E-state index contributed by atoms with van der Waals surface area (Å²) in [4.78, 5) is 16.1. The molecule has 120 valence electrons. The van der Waals surface area contributed by atoms with Crippen molar-refractivity contribution in [2.24, 2.45) is 5.10 Å². The number of aromatic nitrogens is 1. The van der Waals surface area contributed by atoms with Crippen LogP contribution in [-0.2, 0) is 6.42 Å². The molecule has 0 radical (unpaired) electrons. The first-order valence-electron chi connectivity index (χ1n) is 8.17. The summed E-state index contributed by atoms with van der Waals surface area (Å²) in [7, 11) is 0. The van der Waals surface area contributed by atoms with Gasteiger partial charge in [-0.1, -0.05) is 35.9 Å². The Balaban J connectivity index is 1.66. The number of hydrogen-bond donors (Lipinski definition) is 2. The zero-order valence-electron chi connectivity index (χ0n) is 13.8. The SMILES string of the molecule is Cc1ccc(N/N=C2\CCc3c([nH]c4c(C)cccc34)C2=O)cc1. The van der Waals surface area contributed by atoms with Gasteiger partial charge < -0.3 is 4.98 Å². The van der Waals surface area contributed by atoms with Crippen molar-refractivity contribution in [3.05, 3.63) is 64.8 Å². The Kier molecular flexibility index (Phi) is 3.45. The second-order valence-corrected chi connectivity index (χ2v) is 6.34. The van der Waals surface area contributed by atoms with Gasteiger partial charge in [0.1, 0.15) is 5.71 Å². The molecule has 2 N–H and O–H groups in total. The molecule has 4 heteroatoms. The van der Waals surface area contributed by atoms with Crippen LogP contribution in [0.5, 0.6) is 0 Å². The van der Waals surface area contributed by atoms with E-state index in [9.17, 15) is 4.79 Å². The van der Waals surface area contributed by atoms with Crippen LogP contribution in [0.2, 0.25) is 0 Å². The maximum atomic E-state index is 12.8. The Morgan fingerprint density at radius 1 is 1.04 bits per heavy atom. The van der Waals surface area contributed by atoms with E-state index >= 15 is 0 Å². The molecule has 0 bridgehead atoms. The molecule has 0 amide bonds. The van der Waals surface area contributed by atoms with Gasteiger partial charge in [0.2, 0.25) is 5.78 Å². The first-order chi connectivity index (χ1) is 11.6. The van der Waals surface area contributed by atoms with Crippen molar-refractivity contribution < 1.29 is 4.79 Å². The average Bonchev–Trinajstić information content (AvgIpc) is 2.97. The highest BCUT2D eigenvalue weighted by molar-refractivity contribution is 6.47. The standard InChI is InChI=1S/C20H19N3O/c1-12-6-8-14(9-7-12)22-23-17-11-10-16-15-5-3-4-13(2)18(15)21-19(16)20(17)24/h3-9,21-22H,10-11H2,1-2H3/b23-17+. The zero-order chi connectivity index (χ0) is 16.7. The number of carbonyl (C=O) groups is 1. The van der Waals surface area contributed by atoms with Gasteiger partial charge in [0, 0.05) is 10.9 Å². The van der Waals surface area contributed by atoms with E-state index in [2.05, 4.69) is 34.6 Å². The number of hydrazone groups is 1. The van der Waals surface area contributed by atoms with Crippen LogP contribution in [0.4, 0.5) is 5.69 Å². The van der Waals surface area contributed by atoms with Crippen molar-refractivity contribution in [2.45, 2.75) is 26.7 Å². The molecule has 1 heterocycles. The van der Waals surface area contributed by atoms with E-state index in [0.717, 1.165) is 34.1 Å². The lowest BCUT2D eigenvalue weighted by molar-refractivity contribution is 0.105. The molecule has 3 aromatic rings. The number of carbonyl (C=O) groups excluding carboxylic acids is 1. The fraction of sp³-hybridized carbons (Fsp3) is 0.200. The number of para-hydroxylation sites is 1. The number of ketones is 1. The van der Waals surface area contributed by atoms with E-state index in [1.165, 1.54) is 5.56 Å². The number of rotatable bonds is 2. The van der Waals surface area contributed by atoms with Gasteiger partial charge in [0.25, 0.3) is 0 Å². The Morgan fingerprint density at radius 3 is 2.62 bits per heavy atom. The summed E-state index contributed by atoms with van der Waals surface area (Å²) in [6.45, 7) is 4.10. The van der Waals surface area contributed by atoms with Crippen LogP contribution in [0, 0.1) is 13.8 Å². The molecule has 0 saturated heterocycles. The molecule has 0 spiro atoms. The minimum Gasteiger partial charge on any atom is -0.351 e. The van der Waals surface area contributed by atoms with Crippen LogP contribution in [0.1, 0.15) is 33.6 Å². The van der Waals surface area contributed by atoms with E-state index in [1.807, 2.05) is 37.3 Å². The van der Waals surface area contributed by atoms with Gasteiger partial charge in [-0.2, -0.15) is 5.10 Å². The summed E-state index contributed by atoms with van der Waals surface area (Å²) in [6, 6.07) is 14.1. The quantitative estimate of drug-likeness (QED) is 0.689. The molecule has 1 aliphatic rings. The van der Waals surface area contributed by atoms with Gasteiger partial charge in [0.15, 0.2) is 0 Å². The average molecular weight is 317 g/mol. The largest absolute Gasteiger partial charge is 0.351 e. The molecule has 0 unspecified atom stereocenters. The zero-order valence-corrected chi connectivity index (χ0v) is 13.8. The number of aryl methyl sites for hydroxylation is 3. The molecule has 4 nitrogen and oxygen atoms in total. The van der Waals surface area contributed by atoms with Crippen molar-refractivity contribution in [1.82, 2.24) is 4.98 Å². The van der Waals surface area contributed by atoms with E-state index in [-0.39, 0.29) is 5.78 Å². The second kappa shape index (κ2) is 5.64. The topological polar surface area (TPSA) is 57.2 Å². The molecular weight excluding hydrogens is 298 g/mol. The lowest BCUT2D eigenvalue weighted by atomic mass is 9.93. The molecule has 0 atom stereocenters. The van der Waals surface area contributed by atoms with E-state index in [1.54, 1.807) is 0 Å². The minimum absolute atomic E-state index is 0.00791.